The zero-order valence-electron chi connectivity index (χ0n) is 10.5. The van der Waals surface area contributed by atoms with Gasteiger partial charge in [-0.1, -0.05) is 0 Å². The summed E-state index contributed by atoms with van der Waals surface area (Å²) >= 11 is 0. The lowest BCUT2D eigenvalue weighted by Crippen LogP contribution is -2.13. The second-order valence-corrected chi connectivity index (χ2v) is 7.55. The van der Waals surface area contributed by atoms with Crippen molar-refractivity contribution >= 4 is 19.7 Å². The van der Waals surface area contributed by atoms with E-state index in [2.05, 4.69) is 6.07 Å². The van der Waals surface area contributed by atoms with Gasteiger partial charge in [0.1, 0.15) is 5.75 Å². The van der Waals surface area contributed by atoms with E-state index in [4.69, 9.17) is 20.7 Å². The summed E-state index contributed by atoms with van der Waals surface area (Å²) < 4.78 is 28.1. The molecule has 4 nitrogen and oxygen atoms in total. The molecule has 1 saturated carbocycles. The highest BCUT2D eigenvalue weighted by molar-refractivity contribution is 8.13. The Bertz CT molecular complexity index is 630. The van der Waals surface area contributed by atoms with Gasteiger partial charge in [-0.15, -0.1) is 0 Å². The van der Waals surface area contributed by atoms with E-state index in [1.54, 1.807) is 13.0 Å². The van der Waals surface area contributed by atoms with E-state index in [-0.39, 0.29) is 10.3 Å². The summed E-state index contributed by atoms with van der Waals surface area (Å²) in [5, 5.41) is 8.73. The van der Waals surface area contributed by atoms with Crippen LogP contribution in [-0.4, -0.2) is 15.0 Å². The molecule has 0 spiro atoms. The van der Waals surface area contributed by atoms with E-state index in [9.17, 15) is 8.42 Å². The van der Waals surface area contributed by atoms with Crippen LogP contribution in [0.4, 0.5) is 0 Å². The molecule has 0 radical (unpaired) electrons. The zero-order chi connectivity index (χ0) is 14.1. The van der Waals surface area contributed by atoms with Crippen LogP contribution >= 0.6 is 10.7 Å². The van der Waals surface area contributed by atoms with Crippen LogP contribution in [0.5, 0.6) is 5.75 Å². The van der Waals surface area contributed by atoms with E-state index in [0.29, 0.717) is 18.8 Å². The van der Waals surface area contributed by atoms with Crippen molar-refractivity contribution < 1.29 is 13.2 Å². The first kappa shape index (κ1) is 14.2. The predicted molar refractivity (Wildman–Crippen MR) is 71.6 cm³/mol. The summed E-state index contributed by atoms with van der Waals surface area (Å²) in [6.07, 6.45) is 2.52. The molecule has 0 heterocycles. The minimum Gasteiger partial charge on any atom is -0.493 e. The Balaban J connectivity index is 2.09. The summed E-state index contributed by atoms with van der Waals surface area (Å²) in [4.78, 5) is 0.0668. The van der Waals surface area contributed by atoms with Gasteiger partial charge < -0.3 is 4.74 Å². The number of nitriles is 1. The van der Waals surface area contributed by atoms with Crippen molar-refractivity contribution in [3.8, 4) is 11.8 Å². The molecular weight excluding hydrogens is 286 g/mol. The predicted octanol–water partition coefficient (Wildman–Crippen LogP) is 3.00. The molecule has 1 aliphatic rings. The van der Waals surface area contributed by atoms with Crippen molar-refractivity contribution in [2.24, 2.45) is 5.41 Å². The minimum absolute atomic E-state index is 0.00156. The van der Waals surface area contributed by atoms with Crippen LogP contribution in [0, 0.1) is 23.7 Å². The van der Waals surface area contributed by atoms with Crippen LogP contribution in [0.1, 0.15) is 24.8 Å². The van der Waals surface area contributed by atoms with Crippen LogP contribution < -0.4 is 4.74 Å². The highest BCUT2D eigenvalue weighted by Gasteiger charge is 2.43. The Morgan fingerprint density at radius 3 is 2.63 bits per heavy atom. The summed E-state index contributed by atoms with van der Waals surface area (Å²) in [5.41, 5.74) is 0.716. The van der Waals surface area contributed by atoms with Crippen LogP contribution in [-0.2, 0) is 9.05 Å². The Labute approximate surface area is 117 Å². The third-order valence-electron chi connectivity index (χ3n) is 3.37. The van der Waals surface area contributed by atoms with Gasteiger partial charge in [-0.2, -0.15) is 5.26 Å². The van der Waals surface area contributed by atoms with Crippen LogP contribution in [0.3, 0.4) is 0 Å². The van der Waals surface area contributed by atoms with Gasteiger partial charge in [-0.25, -0.2) is 8.42 Å². The molecule has 2 rings (SSSR count). The van der Waals surface area contributed by atoms with E-state index in [1.807, 2.05) is 0 Å². The van der Waals surface area contributed by atoms with E-state index < -0.39 is 9.05 Å². The number of benzene rings is 1. The third-order valence-corrected chi connectivity index (χ3v) is 4.72. The van der Waals surface area contributed by atoms with E-state index in [1.165, 1.54) is 12.1 Å². The number of aryl methyl sites for hydroxylation is 1. The molecule has 6 heteroatoms. The monoisotopic (exact) mass is 299 g/mol. The molecule has 1 aromatic carbocycles. The third kappa shape index (κ3) is 3.40. The highest BCUT2D eigenvalue weighted by atomic mass is 35.7. The van der Waals surface area contributed by atoms with Crippen LogP contribution in [0.25, 0.3) is 0 Å². The average Bonchev–Trinajstić information content (AvgIpc) is 3.07. The molecular formula is C13H14ClNO3S. The Morgan fingerprint density at radius 1 is 1.47 bits per heavy atom. The lowest BCUT2D eigenvalue weighted by Gasteiger charge is -2.14. The van der Waals surface area contributed by atoms with Gasteiger partial charge in [0, 0.05) is 22.5 Å². The molecule has 0 bridgehead atoms. The summed E-state index contributed by atoms with van der Waals surface area (Å²) in [6.45, 7) is 2.26. The van der Waals surface area contributed by atoms with Gasteiger partial charge in [0.15, 0.2) is 0 Å². The Morgan fingerprint density at radius 2 is 2.16 bits per heavy atom. The number of hydrogen-bond acceptors (Lipinski definition) is 4. The first-order valence-electron chi connectivity index (χ1n) is 5.91. The van der Waals surface area contributed by atoms with Crippen LogP contribution in [0.2, 0.25) is 0 Å². The summed E-state index contributed by atoms with van der Waals surface area (Å²) in [7, 11) is 1.57. The van der Waals surface area contributed by atoms with Crippen molar-refractivity contribution in [1.82, 2.24) is 0 Å². The van der Waals surface area contributed by atoms with Crippen molar-refractivity contribution in [2.45, 2.75) is 31.1 Å². The van der Waals surface area contributed by atoms with Gasteiger partial charge in [0.2, 0.25) is 0 Å². The molecule has 0 atom stereocenters. The van der Waals surface area contributed by atoms with Gasteiger partial charge in [0.25, 0.3) is 9.05 Å². The maximum Gasteiger partial charge on any atom is 0.261 e. The second-order valence-electron chi connectivity index (χ2n) is 4.99. The molecule has 0 saturated heterocycles. The molecule has 0 aromatic heterocycles. The zero-order valence-corrected chi connectivity index (χ0v) is 12.1. The first-order valence-corrected chi connectivity index (χ1v) is 8.22. The molecule has 19 heavy (non-hydrogen) atoms. The molecule has 0 N–H and O–H groups in total. The molecule has 0 amide bonds. The first-order chi connectivity index (χ1) is 8.86. The number of nitrogens with zero attached hydrogens (tertiary/aromatic N) is 1. The molecule has 1 aliphatic carbocycles. The second kappa shape index (κ2) is 5.03. The van der Waals surface area contributed by atoms with Crippen molar-refractivity contribution in [3.05, 3.63) is 23.8 Å². The largest absolute Gasteiger partial charge is 0.493 e. The summed E-state index contributed by atoms with van der Waals surface area (Å²) in [6, 6.07) is 6.69. The van der Waals surface area contributed by atoms with E-state index >= 15 is 0 Å². The number of rotatable bonds is 5. The van der Waals surface area contributed by atoms with Gasteiger partial charge >= 0.3 is 0 Å². The fraction of sp³-hybridized carbons (Fsp3) is 0.462. The Kier molecular flexibility index (Phi) is 3.75. The van der Waals surface area contributed by atoms with E-state index in [0.717, 1.165) is 18.4 Å². The van der Waals surface area contributed by atoms with Crippen molar-refractivity contribution in [1.29, 1.82) is 5.26 Å². The van der Waals surface area contributed by atoms with Crippen molar-refractivity contribution in [3.63, 3.8) is 0 Å². The van der Waals surface area contributed by atoms with Gasteiger partial charge in [-0.3, -0.25) is 0 Å². The average molecular weight is 300 g/mol. The number of halogens is 1. The van der Waals surface area contributed by atoms with Crippen LogP contribution in [0.15, 0.2) is 23.1 Å². The maximum absolute atomic E-state index is 11.2. The fourth-order valence-corrected chi connectivity index (χ4v) is 2.72. The molecule has 102 valence electrons. The number of hydrogen-bond donors (Lipinski definition) is 0. The quantitative estimate of drug-likeness (QED) is 0.784. The SMILES string of the molecule is Cc1cc(S(=O)(=O)Cl)ccc1OCC1(CC#N)CC1. The fourth-order valence-electron chi connectivity index (χ4n) is 1.88. The lowest BCUT2D eigenvalue weighted by atomic mass is 10.1. The Hall–Kier alpha value is -1.25. The normalized spacial score (nSPS) is 16.7. The molecule has 0 unspecified atom stereocenters. The van der Waals surface area contributed by atoms with Gasteiger partial charge in [-0.05, 0) is 43.5 Å². The topological polar surface area (TPSA) is 67.2 Å². The number of ether oxygens (including phenoxy) is 1. The maximum atomic E-state index is 11.2. The molecule has 1 aromatic rings. The standard InChI is InChI=1S/C13H14ClNO3S/c1-10-8-11(19(14,16)17)2-3-12(10)18-9-13(4-5-13)6-7-15/h2-3,8H,4-6,9H2,1H3. The molecule has 0 aliphatic heterocycles. The minimum atomic E-state index is -3.71. The smallest absolute Gasteiger partial charge is 0.261 e. The van der Waals surface area contributed by atoms with Crippen molar-refractivity contribution in [2.75, 3.05) is 6.61 Å². The lowest BCUT2D eigenvalue weighted by molar-refractivity contribution is 0.235. The molecule has 1 fully saturated rings. The van der Waals surface area contributed by atoms with Gasteiger partial charge in [0.05, 0.1) is 17.6 Å². The summed E-state index contributed by atoms with van der Waals surface area (Å²) in [5.74, 6) is 0.633. The highest BCUT2D eigenvalue weighted by Crippen LogP contribution is 2.48.